The molecule has 3 rings (SSSR count). The molecule has 0 fully saturated rings. The summed E-state index contributed by atoms with van der Waals surface area (Å²) in [6, 6.07) is 25.0. The quantitative estimate of drug-likeness (QED) is 0.324. The molecule has 1 unspecified atom stereocenters. The summed E-state index contributed by atoms with van der Waals surface area (Å²) in [5, 5.41) is 3.72. The van der Waals surface area contributed by atoms with Gasteiger partial charge in [0.2, 0.25) is 11.8 Å². The number of hydrogen-bond donors (Lipinski definition) is 1. The standard InChI is InChI=1S/C29H33ClN2O2S/c1-3-17-31-29(34)27(18-23-12-5-4-6-13-23)32(19-24-14-8-7-11-22(24)2)28(33)21-35-20-25-15-9-10-16-26(25)30/h4-16,27H,3,17-21H2,1-2H3,(H,31,34). The van der Waals surface area contributed by atoms with E-state index in [9.17, 15) is 9.59 Å². The molecule has 0 heterocycles. The summed E-state index contributed by atoms with van der Waals surface area (Å²) in [5.41, 5.74) is 4.16. The van der Waals surface area contributed by atoms with E-state index < -0.39 is 6.04 Å². The molecule has 1 N–H and O–H groups in total. The van der Waals surface area contributed by atoms with Gasteiger partial charge in [0.15, 0.2) is 0 Å². The highest BCUT2D eigenvalue weighted by Crippen LogP contribution is 2.23. The minimum absolute atomic E-state index is 0.0575. The van der Waals surface area contributed by atoms with E-state index in [2.05, 4.69) is 5.32 Å². The van der Waals surface area contributed by atoms with Gasteiger partial charge in [-0.3, -0.25) is 9.59 Å². The van der Waals surface area contributed by atoms with Crippen LogP contribution in [-0.2, 0) is 28.3 Å². The number of benzene rings is 3. The Balaban J connectivity index is 1.85. The lowest BCUT2D eigenvalue weighted by Crippen LogP contribution is -2.51. The fraction of sp³-hybridized carbons (Fsp3) is 0.310. The smallest absolute Gasteiger partial charge is 0.243 e. The van der Waals surface area contributed by atoms with Crippen LogP contribution in [0.3, 0.4) is 0 Å². The molecular weight excluding hydrogens is 476 g/mol. The first kappa shape index (κ1) is 26.8. The number of rotatable bonds is 12. The Morgan fingerprint density at radius 3 is 2.29 bits per heavy atom. The third kappa shape index (κ3) is 8.15. The average Bonchev–Trinajstić information content (AvgIpc) is 2.87. The molecule has 3 aromatic rings. The first-order valence-corrected chi connectivity index (χ1v) is 13.5. The van der Waals surface area contributed by atoms with E-state index in [1.54, 1.807) is 4.90 Å². The molecule has 0 aliphatic rings. The van der Waals surface area contributed by atoms with Crippen molar-refractivity contribution in [2.45, 2.75) is 45.0 Å². The summed E-state index contributed by atoms with van der Waals surface area (Å²) in [6.07, 6.45) is 1.30. The molecule has 35 heavy (non-hydrogen) atoms. The van der Waals surface area contributed by atoms with Crippen LogP contribution in [-0.4, -0.2) is 35.1 Å². The Hall–Kier alpha value is -2.76. The minimum Gasteiger partial charge on any atom is -0.354 e. The summed E-state index contributed by atoms with van der Waals surface area (Å²) in [5.74, 6) is 0.727. The zero-order valence-electron chi connectivity index (χ0n) is 20.4. The number of aryl methyl sites for hydroxylation is 1. The molecule has 0 aromatic heterocycles. The number of thioether (sulfide) groups is 1. The topological polar surface area (TPSA) is 49.4 Å². The Kier molecular flexibility index (Phi) is 10.7. The highest BCUT2D eigenvalue weighted by molar-refractivity contribution is 7.99. The molecule has 0 aliphatic carbocycles. The first-order chi connectivity index (χ1) is 17.0. The molecule has 0 radical (unpaired) electrons. The number of nitrogens with one attached hydrogen (secondary N) is 1. The van der Waals surface area contributed by atoms with Crippen molar-refractivity contribution in [1.29, 1.82) is 0 Å². The fourth-order valence-electron chi connectivity index (χ4n) is 3.84. The lowest BCUT2D eigenvalue weighted by Gasteiger charge is -2.32. The van der Waals surface area contributed by atoms with Gasteiger partial charge >= 0.3 is 0 Å². The van der Waals surface area contributed by atoms with Crippen LogP contribution in [0.25, 0.3) is 0 Å². The molecule has 0 bridgehead atoms. The SMILES string of the molecule is CCCNC(=O)C(Cc1ccccc1)N(Cc1ccccc1C)C(=O)CSCc1ccccc1Cl. The maximum absolute atomic E-state index is 13.6. The van der Waals surface area contributed by atoms with Crippen molar-refractivity contribution < 1.29 is 9.59 Å². The van der Waals surface area contributed by atoms with Crippen LogP contribution in [0.1, 0.15) is 35.6 Å². The maximum atomic E-state index is 13.6. The van der Waals surface area contributed by atoms with Crippen molar-refractivity contribution in [3.05, 3.63) is 106 Å². The molecule has 0 spiro atoms. The van der Waals surface area contributed by atoms with Gasteiger partial charge in [-0.15, -0.1) is 11.8 Å². The van der Waals surface area contributed by atoms with Crippen LogP contribution < -0.4 is 5.32 Å². The van der Waals surface area contributed by atoms with Crippen LogP contribution >= 0.6 is 23.4 Å². The second-order valence-corrected chi connectivity index (χ2v) is 9.92. The number of amides is 2. The van der Waals surface area contributed by atoms with E-state index in [4.69, 9.17) is 11.6 Å². The number of halogens is 1. The lowest BCUT2D eigenvalue weighted by atomic mass is 10.0. The molecular formula is C29H33ClN2O2S. The number of hydrogen-bond acceptors (Lipinski definition) is 3. The average molecular weight is 509 g/mol. The van der Waals surface area contributed by atoms with Gasteiger partial charge < -0.3 is 10.2 Å². The number of nitrogens with zero attached hydrogens (tertiary/aromatic N) is 1. The van der Waals surface area contributed by atoms with E-state index in [-0.39, 0.29) is 17.6 Å². The molecule has 0 aliphatic heterocycles. The summed E-state index contributed by atoms with van der Waals surface area (Å²) in [6.45, 7) is 5.02. The minimum atomic E-state index is -0.600. The van der Waals surface area contributed by atoms with Gasteiger partial charge in [-0.25, -0.2) is 0 Å². The molecule has 0 saturated carbocycles. The molecule has 1 atom stereocenters. The number of carbonyl (C=O) groups excluding carboxylic acids is 2. The van der Waals surface area contributed by atoms with Crippen LogP contribution in [0, 0.1) is 6.92 Å². The summed E-state index contributed by atoms with van der Waals surface area (Å²) in [4.78, 5) is 28.7. The van der Waals surface area contributed by atoms with E-state index in [0.717, 1.165) is 28.7 Å². The van der Waals surface area contributed by atoms with E-state index in [1.165, 1.54) is 11.8 Å². The molecule has 2 amide bonds. The van der Waals surface area contributed by atoms with Crippen molar-refractivity contribution in [1.82, 2.24) is 10.2 Å². The van der Waals surface area contributed by atoms with Gasteiger partial charge in [0.05, 0.1) is 5.75 Å². The van der Waals surface area contributed by atoms with Crippen molar-refractivity contribution in [3.63, 3.8) is 0 Å². The monoisotopic (exact) mass is 508 g/mol. The molecule has 184 valence electrons. The second-order valence-electron chi connectivity index (χ2n) is 8.53. The Bertz CT molecular complexity index is 1110. The highest BCUT2D eigenvalue weighted by atomic mass is 35.5. The molecule has 6 heteroatoms. The van der Waals surface area contributed by atoms with Gasteiger partial charge in [-0.1, -0.05) is 91.3 Å². The van der Waals surface area contributed by atoms with E-state index in [0.29, 0.717) is 30.3 Å². The largest absolute Gasteiger partial charge is 0.354 e. The van der Waals surface area contributed by atoms with Crippen LogP contribution in [0.15, 0.2) is 78.9 Å². The predicted octanol–water partition coefficient (Wildman–Crippen LogP) is 6.05. The molecule has 0 saturated heterocycles. The fourth-order valence-corrected chi connectivity index (χ4v) is 5.03. The van der Waals surface area contributed by atoms with Gasteiger partial charge in [-0.2, -0.15) is 0 Å². The first-order valence-electron chi connectivity index (χ1n) is 12.0. The lowest BCUT2D eigenvalue weighted by molar-refractivity contribution is -0.139. The van der Waals surface area contributed by atoms with Crippen LogP contribution in [0.2, 0.25) is 5.02 Å². The Morgan fingerprint density at radius 1 is 0.943 bits per heavy atom. The van der Waals surface area contributed by atoms with E-state index in [1.807, 2.05) is 92.7 Å². The second kappa shape index (κ2) is 14.0. The predicted molar refractivity (Wildman–Crippen MR) is 147 cm³/mol. The number of carbonyl (C=O) groups is 2. The van der Waals surface area contributed by atoms with Gasteiger partial charge in [-0.05, 0) is 41.7 Å². The van der Waals surface area contributed by atoms with Crippen LogP contribution in [0.5, 0.6) is 0 Å². The van der Waals surface area contributed by atoms with Crippen molar-refractivity contribution in [3.8, 4) is 0 Å². The van der Waals surface area contributed by atoms with Crippen molar-refractivity contribution in [2.24, 2.45) is 0 Å². The van der Waals surface area contributed by atoms with Gasteiger partial charge in [0.1, 0.15) is 6.04 Å². The zero-order valence-corrected chi connectivity index (χ0v) is 21.9. The van der Waals surface area contributed by atoms with Gasteiger partial charge in [0, 0.05) is 30.3 Å². The van der Waals surface area contributed by atoms with Crippen molar-refractivity contribution in [2.75, 3.05) is 12.3 Å². The molecule has 3 aromatic carbocycles. The van der Waals surface area contributed by atoms with Crippen LogP contribution in [0.4, 0.5) is 0 Å². The highest BCUT2D eigenvalue weighted by Gasteiger charge is 2.30. The maximum Gasteiger partial charge on any atom is 0.243 e. The van der Waals surface area contributed by atoms with E-state index >= 15 is 0 Å². The summed E-state index contributed by atoms with van der Waals surface area (Å²) >= 11 is 7.81. The zero-order chi connectivity index (χ0) is 25.0. The molecule has 4 nitrogen and oxygen atoms in total. The summed E-state index contributed by atoms with van der Waals surface area (Å²) < 4.78 is 0. The Morgan fingerprint density at radius 2 is 1.60 bits per heavy atom. The Labute approximate surface area is 218 Å². The van der Waals surface area contributed by atoms with Gasteiger partial charge in [0.25, 0.3) is 0 Å². The van der Waals surface area contributed by atoms with Crippen molar-refractivity contribution >= 4 is 35.2 Å². The third-order valence-corrected chi connectivity index (χ3v) is 7.20. The normalized spacial score (nSPS) is 11.6. The third-order valence-electron chi connectivity index (χ3n) is 5.86. The summed E-state index contributed by atoms with van der Waals surface area (Å²) in [7, 11) is 0.